The average Bonchev–Trinajstić information content (AvgIpc) is 2.97. The zero-order chi connectivity index (χ0) is 13.4. The van der Waals surface area contributed by atoms with Crippen molar-refractivity contribution in [3.63, 3.8) is 0 Å². The van der Waals surface area contributed by atoms with E-state index in [2.05, 4.69) is 9.88 Å². The lowest BCUT2D eigenvalue weighted by Gasteiger charge is -2.13. The Bertz CT molecular complexity index is 632. The van der Waals surface area contributed by atoms with Crippen LogP contribution in [0, 0.1) is 0 Å². The van der Waals surface area contributed by atoms with Crippen LogP contribution in [-0.4, -0.2) is 38.4 Å². The minimum Gasteiger partial charge on any atom is -0.476 e. The summed E-state index contributed by atoms with van der Waals surface area (Å²) in [7, 11) is 0. The van der Waals surface area contributed by atoms with E-state index in [1.807, 2.05) is 4.40 Å². The van der Waals surface area contributed by atoms with Gasteiger partial charge in [0.1, 0.15) is 5.82 Å². The molecule has 1 fully saturated rings. The molecule has 0 amide bonds. The first kappa shape index (κ1) is 12.4. The highest BCUT2D eigenvalue weighted by atomic mass is 35.5. The average molecular weight is 280 g/mol. The van der Waals surface area contributed by atoms with E-state index >= 15 is 0 Å². The number of hydrogen-bond acceptors (Lipinski definition) is 3. The van der Waals surface area contributed by atoms with Crippen LogP contribution in [-0.2, 0) is 6.54 Å². The monoisotopic (exact) mass is 279 g/mol. The Morgan fingerprint density at radius 1 is 1.42 bits per heavy atom. The van der Waals surface area contributed by atoms with E-state index < -0.39 is 5.97 Å². The molecule has 0 atom stereocenters. The maximum absolute atomic E-state index is 11.2. The van der Waals surface area contributed by atoms with Crippen molar-refractivity contribution in [3.8, 4) is 0 Å². The second kappa shape index (κ2) is 4.83. The summed E-state index contributed by atoms with van der Waals surface area (Å²) in [5, 5.41) is 9.73. The molecule has 5 nitrogen and oxygen atoms in total. The first-order chi connectivity index (χ1) is 9.15. The van der Waals surface area contributed by atoms with E-state index in [1.54, 1.807) is 18.3 Å². The second-order valence-corrected chi connectivity index (χ2v) is 5.20. The fraction of sp³-hybridized carbons (Fsp3) is 0.385. The standard InChI is InChI=1S/C13H14ClN3O2/c14-9-3-6-17-10(7-9)12(13(18)19)15-11(17)8-16-4-1-2-5-16/h3,6-7H,1-2,4-5,8H2,(H,18,19). The summed E-state index contributed by atoms with van der Waals surface area (Å²) in [5.74, 6) is -0.265. The van der Waals surface area contributed by atoms with Crippen LogP contribution in [0.3, 0.4) is 0 Å². The number of carboxylic acid groups (broad SMARTS) is 1. The van der Waals surface area contributed by atoms with Crippen molar-refractivity contribution >= 4 is 23.1 Å². The Balaban J connectivity index is 2.06. The van der Waals surface area contributed by atoms with Crippen molar-refractivity contribution in [1.29, 1.82) is 0 Å². The molecule has 0 aromatic carbocycles. The Morgan fingerprint density at radius 2 is 2.16 bits per heavy atom. The Kier molecular flexibility index (Phi) is 3.16. The third kappa shape index (κ3) is 2.31. The van der Waals surface area contributed by atoms with E-state index in [1.165, 1.54) is 12.8 Å². The fourth-order valence-corrected chi connectivity index (χ4v) is 2.69. The van der Waals surface area contributed by atoms with Crippen LogP contribution in [0.1, 0.15) is 29.2 Å². The lowest BCUT2D eigenvalue weighted by molar-refractivity contribution is 0.0693. The van der Waals surface area contributed by atoms with E-state index in [-0.39, 0.29) is 5.69 Å². The molecule has 0 bridgehead atoms. The number of carbonyl (C=O) groups is 1. The number of halogens is 1. The zero-order valence-electron chi connectivity index (χ0n) is 10.3. The molecule has 2 aromatic rings. The number of pyridine rings is 1. The predicted octanol–water partition coefficient (Wildman–Crippen LogP) is 2.28. The smallest absolute Gasteiger partial charge is 0.356 e. The van der Waals surface area contributed by atoms with Crippen molar-refractivity contribution < 1.29 is 9.90 Å². The van der Waals surface area contributed by atoms with Crippen LogP contribution in [0.25, 0.3) is 5.52 Å². The quantitative estimate of drug-likeness (QED) is 0.936. The SMILES string of the molecule is O=C(O)c1nc(CN2CCCC2)n2ccc(Cl)cc12. The Hall–Kier alpha value is -1.59. The third-order valence-electron chi connectivity index (χ3n) is 3.44. The summed E-state index contributed by atoms with van der Waals surface area (Å²) in [6.45, 7) is 2.77. The van der Waals surface area contributed by atoms with E-state index in [0.29, 0.717) is 17.1 Å². The minimum atomic E-state index is -1.02. The number of aromatic carboxylic acids is 1. The Labute approximate surface area is 115 Å². The van der Waals surface area contributed by atoms with Gasteiger partial charge in [-0.1, -0.05) is 11.6 Å². The molecule has 0 unspecified atom stereocenters. The molecule has 19 heavy (non-hydrogen) atoms. The summed E-state index contributed by atoms with van der Waals surface area (Å²) in [4.78, 5) is 17.8. The molecule has 0 spiro atoms. The summed E-state index contributed by atoms with van der Waals surface area (Å²) in [5.41, 5.74) is 0.617. The minimum absolute atomic E-state index is 0.0664. The van der Waals surface area contributed by atoms with Gasteiger partial charge < -0.3 is 9.51 Å². The topological polar surface area (TPSA) is 57.8 Å². The van der Waals surface area contributed by atoms with Gasteiger partial charge in [0.15, 0.2) is 5.69 Å². The number of fused-ring (bicyclic) bond motifs is 1. The van der Waals surface area contributed by atoms with Gasteiger partial charge in [-0.2, -0.15) is 0 Å². The van der Waals surface area contributed by atoms with Gasteiger partial charge in [-0.05, 0) is 38.1 Å². The predicted molar refractivity (Wildman–Crippen MR) is 71.7 cm³/mol. The molecule has 0 saturated carbocycles. The number of rotatable bonds is 3. The highest BCUT2D eigenvalue weighted by molar-refractivity contribution is 6.31. The maximum atomic E-state index is 11.2. The van der Waals surface area contributed by atoms with Gasteiger partial charge in [0, 0.05) is 11.2 Å². The lowest BCUT2D eigenvalue weighted by Crippen LogP contribution is -2.20. The fourth-order valence-electron chi connectivity index (χ4n) is 2.53. The van der Waals surface area contributed by atoms with Crippen LogP contribution in [0.15, 0.2) is 18.3 Å². The summed E-state index contributed by atoms with van der Waals surface area (Å²) >= 11 is 5.93. The normalized spacial score (nSPS) is 16.3. The van der Waals surface area contributed by atoms with Gasteiger partial charge in [-0.15, -0.1) is 0 Å². The number of carboxylic acids is 1. The lowest BCUT2D eigenvalue weighted by atomic mass is 10.3. The first-order valence-corrected chi connectivity index (χ1v) is 6.65. The van der Waals surface area contributed by atoms with E-state index in [4.69, 9.17) is 11.6 Å². The molecule has 1 N–H and O–H groups in total. The van der Waals surface area contributed by atoms with Crippen molar-refractivity contribution in [2.75, 3.05) is 13.1 Å². The van der Waals surface area contributed by atoms with Crippen molar-refractivity contribution in [2.24, 2.45) is 0 Å². The molecule has 6 heteroatoms. The summed E-state index contributed by atoms with van der Waals surface area (Å²) in [6, 6.07) is 3.39. The number of aromatic nitrogens is 2. The zero-order valence-corrected chi connectivity index (χ0v) is 11.1. The summed E-state index contributed by atoms with van der Waals surface area (Å²) in [6.07, 6.45) is 4.17. The molecule has 2 aromatic heterocycles. The van der Waals surface area contributed by atoms with Crippen LogP contribution >= 0.6 is 11.6 Å². The highest BCUT2D eigenvalue weighted by Crippen LogP contribution is 2.20. The molecule has 100 valence electrons. The first-order valence-electron chi connectivity index (χ1n) is 6.27. The Morgan fingerprint density at radius 3 is 2.84 bits per heavy atom. The van der Waals surface area contributed by atoms with Crippen LogP contribution in [0.2, 0.25) is 5.02 Å². The molecule has 3 heterocycles. The second-order valence-electron chi connectivity index (χ2n) is 4.77. The molecular weight excluding hydrogens is 266 g/mol. The molecular formula is C13H14ClN3O2. The van der Waals surface area contributed by atoms with Crippen molar-refractivity contribution in [1.82, 2.24) is 14.3 Å². The maximum Gasteiger partial charge on any atom is 0.356 e. The molecule has 0 radical (unpaired) electrons. The highest BCUT2D eigenvalue weighted by Gasteiger charge is 2.20. The number of nitrogens with zero attached hydrogens (tertiary/aromatic N) is 3. The number of hydrogen-bond donors (Lipinski definition) is 1. The molecule has 1 saturated heterocycles. The number of imidazole rings is 1. The van der Waals surface area contributed by atoms with Gasteiger partial charge in [-0.3, -0.25) is 4.90 Å². The third-order valence-corrected chi connectivity index (χ3v) is 3.68. The van der Waals surface area contributed by atoms with Crippen LogP contribution < -0.4 is 0 Å². The molecule has 1 aliphatic rings. The largest absolute Gasteiger partial charge is 0.476 e. The van der Waals surface area contributed by atoms with Crippen molar-refractivity contribution in [3.05, 3.63) is 34.9 Å². The van der Waals surface area contributed by atoms with Gasteiger partial charge >= 0.3 is 5.97 Å². The molecule has 3 rings (SSSR count). The number of likely N-dealkylation sites (tertiary alicyclic amines) is 1. The van der Waals surface area contributed by atoms with Gasteiger partial charge in [0.05, 0.1) is 12.1 Å². The van der Waals surface area contributed by atoms with Gasteiger partial charge in [0.25, 0.3) is 0 Å². The van der Waals surface area contributed by atoms with Crippen molar-refractivity contribution in [2.45, 2.75) is 19.4 Å². The molecule has 1 aliphatic heterocycles. The van der Waals surface area contributed by atoms with Crippen LogP contribution in [0.5, 0.6) is 0 Å². The molecule has 0 aliphatic carbocycles. The van der Waals surface area contributed by atoms with Crippen LogP contribution in [0.4, 0.5) is 0 Å². The van der Waals surface area contributed by atoms with Gasteiger partial charge in [-0.25, -0.2) is 9.78 Å². The van der Waals surface area contributed by atoms with E-state index in [9.17, 15) is 9.90 Å². The van der Waals surface area contributed by atoms with Gasteiger partial charge in [0.2, 0.25) is 0 Å². The van der Waals surface area contributed by atoms with E-state index in [0.717, 1.165) is 18.9 Å². The summed E-state index contributed by atoms with van der Waals surface area (Å²) < 4.78 is 1.81.